The number of ether oxygens (including phenoxy) is 1. The number of aliphatic hydroxyl groups is 1. The lowest BCUT2D eigenvalue weighted by Crippen LogP contribution is -2.48. The Morgan fingerprint density at radius 2 is 2.05 bits per heavy atom. The molecule has 0 radical (unpaired) electrons. The number of nitrogens with one attached hydrogen (secondary N) is 1. The van der Waals surface area contributed by atoms with Gasteiger partial charge in [-0.25, -0.2) is 4.79 Å². The monoisotopic (exact) mass is 312 g/mol. The molecule has 2 N–H and O–H groups in total. The van der Waals surface area contributed by atoms with Crippen LogP contribution in [-0.2, 0) is 4.74 Å². The van der Waals surface area contributed by atoms with E-state index >= 15 is 0 Å². The van der Waals surface area contributed by atoms with E-state index in [-0.39, 0.29) is 18.2 Å². The van der Waals surface area contributed by atoms with Crippen molar-refractivity contribution in [3.63, 3.8) is 0 Å². The van der Waals surface area contributed by atoms with Crippen LogP contribution in [0.15, 0.2) is 0 Å². The number of carbonyl (C=O) groups excluding carboxylic acids is 1. The van der Waals surface area contributed by atoms with E-state index in [2.05, 4.69) is 5.32 Å². The minimum absolute atomic E-state index is 0.170. The first-order chi connectivity index (χ1) is 10.3. The van der Waals surface area contributed by atoms with Gasteiger partial charge in [0.1, 0.15) is 5.60 Å². The Hall–Kier alpha value is -0.810. The highest BCUT2D eigenvalue weighted by molar-refractivity contribution is 5.69. The molecule has 1 saturated heterocycles. The van der Waals surface area contributed by atoms with Crippen molar-refractivity contribution in [2.24, 2.45) is 5.92 Å². The van der Waals surface area contributed by atoms with Crippen LogP contribution >= 0.6 is 0 Å². The van der Waals surface area contributed by atoms with Gasteiger partial charge in [0.2, 0.25) is 0 Å². The van der Waals surface area contributed by atoms with E-state index < -0.39 is 5.60 Å². The zero-order chi connectivity index (χ0) is 16.3. The minimum atomic E-state index is -0.441. The van der Waals surface area contributed by atoms with Crippen LogP contribution < -0.4 is 5.32 Å². The molecule has 1 saturated carbocycles. The summed E-state index contributed by atoms with van der Waals surface area (Å²) < 4.78 is 5.57. The lowest BCUT2D eigenvalue weighted by molar-refractivity contribution is 0.0164. The first kappa shape index (κ1) is 17.5. The third-order valence-corrected chi connectivity index (χ3v) is 4.67. The maximum atomic E-state index is 12.4. The summed E-state index contributed by atoms with van der Waals surface area (Å²) in [6.45, 7) is 8.98. The SMILES string of the molecule is C[C@@H](O)CN[C@H]1CCC[C@H]1[C@@H]1CCCN1C(=O)OC(C)(C)C. The van der Waals surface area contributed by atoms with Crippen molar-refractivity contribution < 1.29 is 14.6 Å². The van der Waals surface area contributed by atoms with E-state index in [4.69, 9.17) is 4.74 Å². The number of nitrogens with zero attached hydrogens (tertiary/aromatic N) is 1. The maximum Gasteiger partial charge on any atom is 0.410 e. The molecule has 0 aromatic carbocycles. The van der Waals surface area contributed by atoms with Crippen molar-refractivity contribution in [2.45, 2.75) is 83.6 Å². The summed E-state index contributed by atoms with van der Waals surface area (Å²) in [4.78, 5) is 14.4. The van der Waals surface area contributed by atoms with Crippen LogP contribution in [0.5, 0.6) is 0 Å². The normalized spacial score (nSPS) is 30.6. The van der Waals surface area contributed by atoms with Crippen LogP contribution in [0, 0.1) is 5.92 Å². The van der Waals surface area contributed by atoms with Crippen LogP contribution in [0.2, 0.25) is 0 Å². The first-order valence-electron chi connectivity index (χ1n) is 8.69. The van der Waals surface area contributed by atoms with Crippen molar-refractivity contribution in [1.29, 1.82) is 0 Å². The third-order valence-electron chi connectivity index (χ3n) is 4.67. The van der Waals surface area contributed by atoms with Crippen molar-refractivity contribution in [1.82, 2.24) is 10.2 Å². The third kappa shape index (κ3) is 4.59. The predicted octanol–water partition coefficient (Wildman–Crippen LogP) is 2.53. The molecule has 1 heterocycles. The van der Waals surface area contributed by atoms with E-state index in [1.807, 2.05) is 25.7 Å². The molecule has 128 valence electrons. The Morgan fingerprint density at radius 3 is 2.68 bits per heavy atom. The van der Waals surface area contributed by atoms with Crippen LogP contribution in [-0.4, -0.2) is 53.0 Å². The Bertz CT molecular complexity index is 379. The molecular weight excluding hydrogens is 280 g/mol. The van der Waals surface area contributed by atoms with Crippen LogP contribution in [0.1, 0.15) is 59.8 Å². The van der Waals surface area contributed by atoms with Gasteiger partial charge in [-0.05, 0) is 59.3 Å². The van der Waals surface area contributed by atoms with Crippen molar-refractivity contribution in [3.8, 4) is 0 Å². The van der Waals surface area contributed by atoms with Crippen molar-refractivity contribution in [2.75, 3.05) is 13.1 Å². The Balaban J connectivity index is 1.98. The summed E-state index contributed by atoms with van der Waals surface area (Å²) in [5.41, 5.74) is -0.441. The fourth-order valence-electron chi connectivity index (χ4n) is 3.81. The number of likely N-dealkylation sites (tertiary alicyclic amines) is 1. The second kappa shape index (κ2) is 7.18. The van der Waals surface area contributed by atoms with Gasteiger partial charge in [0.15, 0.2) is 0 Å². The Labute approximate surface area is 134 Å². The van der Waals surface area contributed by atoms with E-state index in [0.717, 1.165) is 32.2 Å². The van der Waals surface area contributed by atoms with Crippen LogP contribution in [0.4, 0.5) is 4.79 Å². The van der Waals surface area contributed by atoms with Gasteiger partial charge in [0.05, 0.1) is 6.10 Å². The van der Waals surface area contributed by atoms with Gasteiger partial charge in [0.25, 0.3) is 0 Å². The van der Waals surface area contributed by atoms with Crippen molar-refractivity contribution >= 4 is 6.09 Å². The Kier molecular flexibility index (Phi) is 5.72. The molecule has 5 heteroatoms. The largest absolute Gasteiger partial charge is 0.444 e. The van der Waals surface area contributed by atoms with Crippen LogP contribution in [0.3, 0.4) is 0 Å². The molecule has 2 rings (SSSR count). The molecule has 0 spiro atoms. The van der Waals surface area contributed by atoms with E-state index in [0.29, 0.717) is 18.5 Å². The maximum absolute atomic E-state index is 12.4. The molecule has 0 aromatic heterocycles. The molecule has 0 unspecified atom stereocenters. The lowest BCUT2D eigenvalue weighted by Gasteiger charge is -2.34. The van der Waals surface area contributed by atoms with Crippen molar-refractivity contribution in [3.05, 3.63) is 0 Å². The minimum Gasteiger partial charge on any atom is -0.444 e. The van der Waals surface area contributed by atoms with E-state index in [1.165, 1.54) is 6.42 Å². The predicted molar refractivity (Wildman–Crippen MR) is 86.8 cm³/mol. The quantitative estimate of drug-likeness (QED) is 0.837. The summed E-state index contributed by atoms with van der Waals surface area (Å²) in [7, 11) is 0. The zero-order valence-electron chi connectivity index (χ0n) is 14.5. The second-order valence-electron chi connectivity index (χ2n) is 7.84. The highest BCUT2D eigenvalue weighted by atomic mass is 16.6. The molecule has 0 aromatic rings. The summed E-state index contributed by atoms with van der Waals surface area (Å²) in [5, 5.41) is 13.0. The molecule has 2 aliphatic rings. The Morgan fingerprint density at radius 1 is 1.32 bits per heavy atom. The summed E-state index contributed by atoms with van der Waals surface area (Å²) in [6.07, 6.45) is 5.11. The number of hydrogen-bond acceptors (Lipinski definition) is 4. The number of carbonyl (C=O) groups is 1. The molecule has 5 nitrogen and oxygen atoms in total. The van der Waals surface area contributed by atoms with E-state index in [9.17, 15) is 9.90 Å². The highest BCUT2D eigenvalue weighted by Gasteiger charge is 2.41. The number of hydrogen-bond donors (Lipinski definition) is 2. The molecule has 2 fully saturated rings. The summed E-state index contributed by atoms with van der Waals surface area (Å²) >= 11 is 0. The number of rotatable bonds is 4. The van der Waals surface area contributed by atoms with Gasteiger partial charge >= 0.3 is 6.09 Å². The summed E-state index contributed by atoms with van der Waals surface area (Å²) in [6, 6.07) is 0.687. The molecule has 22 heavy (non-hydrogen) atoms. The topological polar surface area (TPSA) is 61.8 Å². The average Bonchev–Trinajstić information content (AvgIpc) is 3.02. The molecule has 0 bridgehead atoms. The fraction of sp³-hybridized carbons (Fsp3) is 0.941. The molecular formula is C17H32N2O3. The molecule has 1 aliphatic heterocycles. The first-order valence-corrected chi connectivity index (χ1v) is 8.69. The van der Waals surface area contributed by atoms with Gasteiger partial charge in [-0.15, -0.1) is 0 Å². The molecule has 4 atom stereocenters. The average molecular weight is 312 g/mol. The second-order valence-corrected chi connectivity index (χ2v) is 7.84. The zero-order valence-corrected chi connectivity index (χ0v) is 14.5. The molecule has 1 amide bonds. The summed E-state index contributed by atoms with van der Waals surface area (Å²) in [5.74, 6) is 0.480. The van der Waals surface area contributed by atoms with Gasteiger partial charge in [-0.2, -0.15) is 0 Å². The lowest BCUT2D eigenvalue weighted by atomic mass is 9.92. The smallest absolute Gasteiger partial charge is 0.410 e. The highest BCUT2D eigenvalue weighted by Crippen LogP contribution is 2.36. The van der Waals surface area contributed by atoms with Gasteiger partial charge < -0.3 is 20.1 Å². The number of amides is 1. The molecule has 1 aliphatic carbocycles. The van der Waals surface area contributed by atoms with Gasteiger partial charge in [-0.3, -0.25) is 0 Å². The van der Waals surface area contributed by atoms with Crippen LogP contribution in [0.25, 0.3) is 0 Å². The van der Waals surface area contributed by atoms with Gasteiger partial charge in [0, 0.05) is 25.2 Å². The van der Waals surface area contributed by atoms with E-state index in [1.54, 1.807) is 6.92 Å². The number of aliphatic hydroxyl groups excluding tert-OH is 1. The fourth-order valence-corrected chi connectivity index (χ4v) is 3.81. The van der Waals surface area contributed by atoms with Gasteiger partial charge in [-0.1, -0.05) is 6.42 Å². The standard InChI is InChI=1S/C17H32N2O3/c1-12(20)11-18-14-8-5-7-13(14)15-9-6-10-19(15)16(21)22-17(2,3)4/h12-15,18,20H,5-11H2,1-4H3/t12-,13-,14+,15+/m1/s1.